The molecule has 1 saturated heterocycles. The molecule has 0 aliphatic carbocycles. The van der Waals surface area contributed by atoms with Crippen molar-refractivity contribution < 1.29 is 8.94 Å². The first-order chi connectivity index (χ1) is 9.63. The highest BCUT2D eigenvalue weighted by Gasteiger charge is 2.30. The molecule has 2 aromatic rings. The second-order valence-corrected chi connectivity index (χ2v) is 5.61. The minimum Gasteiger partial charge on any atom is -0.444 e. The Labute approximate surface area is 118 Å². The SMILES string of the molecule is Cc1nc([C@@H]2CCCN2Cc2ncc(C(C)C)o2)no1. The van der Waals surface area contributed by atoms with Crippen molar-refractivity contribution >= 4 is 0 Å². The number of nitrogens with zero attached hydrogens (tertiary/aromatic N) is 4. The summed E-state index contributed by atoms with van der Waals surface area (Å²) >= 11 is 0. The Bertz CT molecular complexity index is 575. The first-order valence-electron chi connectivity index (χ1n) is 7.12. The van der Waals surface area contributed by atoms with Crippen LogP contribution in [0.3, 0.4) is 0 Å². The molecule has 0 aromatic carbocycles. The van der Waals surface area contributed by atoms with Crippen LogP contribution in [0.15, 0.2) is 15.1 Å². The normalized spacial score (nSPS) is 20.1. The van der Waals surface area contributed by atoms with Crippen molar-refractivity contribution in [1.29, 1.82) is 0 Å². The molecule has 6 nitrogen and oxygen atoms in total. The third-order valence-electron chi connectivity index (χ3n) is 3.68. The summed E-state index contributed by atoms with van der Waals surface area (Å²) in [6.07, 6.45) is 4.01. The van der Waals surface area contributed by atoms with Gasteiger partial charge < -0.3 is 8.94 Å². The summed E-state index contributed by atoms with van der Waals surface area (Å²) < 4.78 is 10.9. The number of aromatic nitrogens is 3. The van der Waals surface area contributed by atoms with Gasteiger partial charge in [-0.05, 0) is 19.4 Å². The highest BCUT2D eigenvalue weighted by molar-refractivity contribution is 5.02. The Morgan fingerprint density at radius 3 is 2.95 bits per heavy atom. The second-order valence-electron chi connectivity index (χ2n) is 5.61. The number of hydrogen-bond donors (Lipinski definition) is 0. The van der Waals surface area contributed by atoms with Crippen LogP contribution >= 0.6 is 0 Å². The molecule has 0 bridgehead atoms. The molecule has 2 aromatic heterocycles. The summed E-state index contributed by atoms with van der Waals surface area (Å²) in [6.45, 7) is 7.73. The van der Waals surface area contributed by atoms with Crippen molar-refractivity contribution in [2.45, 2.75) is 52.1 Å². The van der Waals surface area contributed by atoms with Crippen molar-refractivity contribution in [3.63, 3.8) is 0 Å². The average molecular weight is 276 g/mol. The predicted molar refractivity (Wildman–Crippen MR) is 72.0 cm³/mol. The van der Waals surface area contributed by atoms with E-state index in [4.69, 9.17) is 8.94 Å². The van der Waals surface area contributed by atoms with E-state index in [1.807, 2.05) is 13.1 Å². The van der Waals surface area contributed by atoms with Crippen LogP contribution < -0.4 is 0 Å². The Morgan fingerprint density at radius 2 is 2.30 bits per heavy atom. The summed E-state index contributed by atoms with van der Waals surface area (Å²) in [5.74, 6) is 3.46. The molecule has 3 rings (SSSR count). The maximum atomic E-state index is 5.78. The molecule has 0 N–H and O–H groups in total. The van der Waals surface area contributed by atoms with Crippen LogP contribution in [0.5, 0.6) is 0 Å². The molecule has 6 heteroatoms. The van der Waals surface area contributed by atoms with Gasteiger partial charge in [0, 0.05) is 12.8 Å². The van der Waals surface area contributed by atoms with Gasteiger partial charge in [-0.2, -0.15) is 4.98 Å². The van der Waals surface area contributed by atoms with E-state index >= 15 is 0 Å². The van der Waals surface area contributed by atoms with Gasteiger partial charge in [-0.1, -0.05) is 19.0 Å². The Hall–Kier alpha value is -1.69. The molecule has 0 amide bonds. The van der Waals surface area contributed by atoms with Gasteiger partial charge in [-0.3, -0.25) is 4.90 Å². The van der Waals surface area contributed by atoms with Crippen molar-refractivity contribution in [3.8, 4) is 0 Å². The highest BCUT2D eigenvalue weighted by atomic mass is 16.5. The second kappa shape index (κ2) is 5.36. The maximum absolute atomic E-state index is 5.78. The molecular weight excluding hydrogens is 256 g/mol. The molecule has 0 unspecified atom stereocenters. The zero-order valence-electron chi connectivity index (χ0n) is 12.2. The molecule has 0 radical (unpaired) electrons. The minimum atomic E-state index is 0.210. The minimum absolute atomic E-state index is 0.210. The van der Waals surface area contributed by atoms with Gasteiger partial charge in [0.05, 0.1) is 18.8 Å². The fourth-order valence-electron chi connectivity index (χ4n) is 2.60. The Kier molecular flexibility index (Phi) is 3.56. The van der Waals surface area contributed by atoms with Crippen LogP contribution in [0.4, 0.5) is 0 Å². The number of aryl methyl sites for hydroxylation is 1. The lowest BCUT2D eigenvalue weighted by molar-refractivity contribution is 0.210. The van der Waals surface area contributed by atoms with Gasteiger partial charge in [0.1, 0.15) is 5.76 Å². The lowest BCUT2D eigenvalue weighted by Gasteiger charge is -2.19. The third kappa shape index (κ3) is 2.60. The lowest BCUT2D eigenvalue weighted by atomic mass is 10.2. The van der Waals surface area contributed by atoms with Crippen LogP contribution in [-0.4, -0.2) is 26.6 Å². The first kappa shape index (κ1) is 13.3. The molecule has 3 heterocycles. The van der Waals surface area contributed by atoms with Crippen molar-refractivity contribution in [2.24, 2.45) is 0 Å². The quantitative estimate of drug-likeness (QED) is 0.855. The average Bonchev–Trinajstić information content (AvgIpc) is 3.09. The smallest absolute Gasteiger partial charge is 0.223 e. The largest absolute Gasteiger partial charge is 0.444 e. The van der Waals surface area contributed by atoms with Crippen LogP contribution in [0.2, 0.25) is 0 Å². The summed E-state index contributed by atoms with van der Waals surface area (Å²) in [6, 6.07) is 0.210. The zero-order valence-corrected chi connectivity index (χ0v) is 12.2. The lowest BCUT2D eigenvalue weighted by Crippen LogP contribution is -2.23. The number of hydrogen-bond acceptors (Lipinski definition) is 6. The first-order valence-corrected chi connectivity index (χ1v) is 7.12. The molecule has 1 aliphatic rings. The number of oxazole rings is 1. The molecule has 20 heavy (non-hydrogen) atoms. The summed E-state index contributed by atoms with van der Waals surface area (Å²) in [5, 5.41) is 4.04. The summed E-state index contributed by atoms with van der Waals surface area (Å²) in [7, 11) is 0. The van der Waals surface area contributed by atoms with Gasteiger partial charge in [-0.25, -0.2) is 4.98 Å². The van der Waals surface area contributed by atoms with E-state index in [2.05, 4.69) is 33.9 Å². The topological polar surface area (TPSA) is 68.2 Å². The van der Waals surface area contributed by atoms with Gasteiger partial charge in [0.15, 0.2) is 5.82 Å². The fourth-order valence-corrected chi connectivity index (χ4v) is 2.60. The van der Waals surface area contributed by atoms with Crippen LogP contribution in [0.25, 0.3) is 0 Å². The fraction of sp³-hybridized carbons (Fsp3) is 0.643. The van der Waals surface area contributed by atoms with Crippen molar-refractivity contribution in [3.05, 3.63) is 29.6 Å². The van der Waals surface area contributed by atoms with E-state index < -0.39 is 0 Å². The van der Waals surface area contributed by atoms with E-state index in [0.29, 0.717) is 18.4 Å². The molecule has 0 saturated carbocycles. The molecule has 0 spiro atoms. The van der Waals surface area contributed by atoms with Gasteiger partial charge in [0.25, 0.3) is 0 Å². The highest BCUT2D eigenvalue weighted by Crippen LogP contribution is 2.31. The number of rotatable bonds is 4. The standard InChI is InChI=1S/C14H20N4O2/c1-9(2)12-7-15-13(19-12)8-18-6-4-5-11(18)14-16-10(3)20-17-14/h7,9,11H,4-6,8H2,1-3H3/t11-/m0/s1. The van der Waals surface area contributed by atoms with E-state index in [0.717, 1.165) is 36.9 Å². The molecule has 108 valence electrons. The maximum Gasteiger partial charge on any atom is 0.223 e. The van der Waals surface area contributed by atoms with Gasteiger partial charge >= 0.3 is 0 Å². The monoisotopic (exact) mass is 276 g/mol. The Morgan fingerprint density at radius 1 is 1.45 bits per heavy atom. The van der Waals surface area contributed by atoms with Crippen LogP contribution in [0, 0.1) is 6.92 Å². The number of likely N-dealkylation sites (tertiary alicyclic amines) is 1. The third-order valence-corrected chi connectivity index (χ3v) is 3.68. The summed E-state index contributed by atoms with van der Waals surface area (Å²) in [5.41, 5.74) is 0. The molecule has 1 aliphatic heterocycles. The van der Waals surface area contributed by atoms with E-state index in [-0.39, 0.29) is 6.04 Å². The van der Waals surface area contributed by atoms with E-state index in [1.54, 1.807) is 0 Å². The van der Waals surface area contributed by atoms with E-state index in [1.165, 1.54) is 0 Å². The Balaban J connectivity index is 1.72. The molecule has 1 fully saturated rings. The van der Waals surface area contributed by atoms with Crippen molar-refractivity contribution in [2.75, 3.05) is 6.54 Å². The van der Waals surface area contributed by atoms with Gasteiger partial charge in [0.2, 0.25) is 11.8 Å². The predicted octanol–water partition coefficient (Wildman–Crippen LogP) is 2.83. The zero-order chi connectivity index (χ0) is 14.1. The molecule has 1 atom stereocenters. The van der Waals surface area contributed by atoms with E-state index in [9.17, 15) is 0 Å². The van der Waals surface area contributed by atoms with Crippen LogP contribution in [0.1, 0.15) is 62.0 Å². The van der Waals surface area contributed by atoms with Gasteiger partial charge in [-0.15, -0.1) is 0 Å². The summed E-state index contributed by atoms with van der Waals surface area (Å²) in [4.78, 5) is 11.0. The van der Waals surface area contributed by atoms with Crippen LogP contribution in [-0.2, 0) is 6.54 Å². The molecular formula is C14H20N4O2. The van der Waals surface area contributed by atoms with Crippen molar-refractivity contribution in [1.82, 2.24) is 20.0 Å².